The highest BCUT2D eigenvalue weighted by atomic mass is 19.1. The number of amides is 1. The summed E-state index contributed by atoms with van der Waals surface area (Å²) in [5.74, 6) is -1.07. The van der Waals surface area contributed by atoms with Crippen molar-refractivity contribution in [1.82, 2.24) is 14.9 Å². The van der Waals surface area contributed by atoms with Crippen LogP contribution in [0.25, 0.3) is 11.1 Å². The van der Waals surface area contributed by atoms with Gasteiger partial charge in [0.05, 0.1) is 19.5 Å². The highest BCUT2D eigenvalue weighted by Gasteiger charge is 2.24. The van der Waals surface area contributed by atoms with E-state index in [2.05, 4.69) is 10.3 Å². The summed E-state index contributed by atoms with van der Waals surface area (Å²) in [5, 5.41) is 2.73. The monoisotopic (exact) mass is 409 g/mol. The van der Waals surface area contributed by atoms with Crippen LogP contribution in [0.5, 0.6) is 0 Å². The van der Waals surface area contributed by atoms with Gasteiger partial charge in [0.2, 0.25) is 0 Å². The van der Waals surface area contributed by atoms with Crippen molar-refractivity contribution >= 4 is 11.9 Å². The zero-order valence-electron chi connectivity index (χ0n) is 16.9. The lowest BCUT2D eigenvalue weighted by molar-refractivity contribution is -0.147. The van der Waals surface area contributed by atoms with E-state index in [1.54, 1.807) is 65.8 Å². The summed E-state index contributed by atoms with van der Waals surface area (Å²) in [6.07, 6.45) is 4.87. The van der Waals surface area contributed by atoms with Gasteiger partial charge in [-0.1, -0.05) is 44.2 Å². The van der Waals surface area contributed by atoms with Gasteiger partial charge in [-0.05, 0) is 29.7 Å². The number of imidazole rings is 1. The van der Waals surface area contributed by atoms with Crippen LogP contribution in [0.4, 0.5) is 4.39 Å². The van der Waals surface area contributed by atoms with Crippen LogP contribution in [-0.4, -0.2) is 34.1 Å². The lowest BCUT2D eigenvalue weighted by Gasteiger charge is -2.19. The normalized spacial score (nSPS) is 11.9. The molecule has 1 aromatic heterocycles. The first-order valence-corrected chi connectivity index (χ1v) is 9.72. The predicted molar refractivity (Wildman–Crippen MR) is 111 cm³/mol. The summed E-state index contributed by atoms with van der Waals surface area (Å²) < 4.78 is 21.0. The standard InChI is InChI=1S/C23H24FN3O3/c1-16(2)14-30-23(29)21(13-27-12-11-25-15-27)26-22(28)18-9-7-17(8-10-18)19-5-3-4-6-20(19)24/h3-12,15-16,21H,13-14H2,1-2H3,(H,26,28)/t21-/m0/s1. The van der Waals surface area contributed by atoms with Crippen molar-refractivity contribution in [3.8, 4) is 11.1 Å². The molecule has 0 saturated heterocycles. The quantitative estimate of drug-likeness (QED) is 0.576. The van der Waals surface area contributed by atoms with E-state index in [0.717, 1.165) is 0 Å². The van der Waals surface area contributed by atoms with Crippen molar-refractivity contribution in [3.63, 3.8) is 0 Å². The lowest BCUT2D eigenvalue weighted by atomic mass is 10.0. The van der Waals surface area contributed by atoms with Gasteiger partial charge in [0.25, 0.3) is 5.91 Å². The molecule has 0 radical (unpaired) electrons. The molecule has 7 heteroatoms. The number of esters is 1. The number of ether oxygens (including phenoxy) is 1. The number of benzene rings is 2. The van der Waals surface area contributed by atoms with Crippen LogP contribution in [-0.2, 0) is 16.1 Å². The highest BCUT2D eigenvalue weighted by molar-refractivity contribution is 5.97. The Morgan fingerprint density at radius 2 is 1.87 bits per heavy atom. The number of aromatic nitrogens is 2. The Labute approximate surface area is 174 Å². The van der Waals surface area contributed by atoms with Gasteiger partial charge in [-0.15, -0.1) is 0 Å². The Kier molecular flexibility index (Phi) is 6.95. The molecule has 0 aliphatic rings. The SMILES string of the molecule is CC(C)COC(=O)[C@H](Cn1ccnc1)NC(=O)c1ccc(-c2ccccc2F)cc1. The zero-order valence-corrected chi connectivity index (χ0v) is 16.9. The maximum atomic E-state index is 14.0. The number of carbonyl (C=O) groups excluding carboxylic acids is 2. The van der Waals surface area contributed by atoms with Crippen molar-refractivity contribution in [2.75, 3.05) is 6.61 Å². The van der Waals surface area contributed by atoms with Crippen molar-refractivity contribution in [2.45, 2.75) is 26.4 Å². The van der Waals surface area contributed by atoms with Crippen molar-refractivity contribution < 1.29 is 18.7 Å². The summed E-state index contributed by atoms with van der Waals surface area (Å²) >= 11 is 0. The smallest absolute Gasteiger partial charge is 0.330 e. The Bertz CT molecular complexity index is 985. The summed E-state index contributed by atoms with van der Waals surface area (Å²) in [5.41, 5.74) is 1.48. The molecular formula is C23H24FN3O3. The Hall–Kier alpha value is -3.48. The fraction of sp³-hybridized carbons (Fsp3) is 0.261. The molecular weight excluding hydrogens is 385 g/mol. The summed E-state index contributed by atoms with van der Waals surface area (Å²) in [6.45, 7) is 4.35. The van der Waals surface area contributed by atoms with E-state index in [4.69, 9.17) is 4.74 Å². The van der Waals surface area contributed by atoms with Gasteiger partial charge >= 0.3 is 5.97 Å². The second-order valence-corrected chi connectivity index (χ2v) is 7.37. The summed E-state index contributed by atoms with van der Waals surface area (Å²) in [6, 6.07) is 12.1. The Morgan fingerprint density at radius 1 is 1.13 bits per heavy atom. The summed E-state index contributed by atoms with van der Waals surface area (Å²) in [7, 11) is 0. The van der Waals surface area contributed by atoms with Crippen LogP contribution < -0.4 is 5.32 Å². The maximum Gasteiger partial charge on any atom is 0.330 e. The van der Waals surface area contributed by atoms with Gasteiger partial charge in [0, 0.05) is 23.5 Å². The van der Waals surface area contributed by atoms with E-state index in [9.17, 15) is 14.0 Å². The lowest BCUT2D eigenvalue weighted by Crippen LogP contribution is -2.44. The first-order chi connectivity index (χ1) is 14.4. The van der Waals surface area contributed by atoms with Gasteiger partial charge in [0.15, 0.2) is 0 Å². The van der Waals surface area contributed by atoms with Crippen LogP contribution >= 0.6 is 0 Å². The zero-order chi connectivity index (χ0) is 21.5. The molecule has 1 amide bonds. The molecule has 0 aliphatic carbocycles. The minimum atomic E-state index is -0.864. The van der Waals surface area contributed by atoms with Crippen LogP contribution in [0, 0.1) is 11.7 Å². The number of hydrogen-bond donors (Lipinski definition) is 1. The van der Waals surface area contributed by atoms with E-state index < -0.39 is 17.9 Å². The molecule has 3 aromatic rings. The van der Waals surface area contributed by atoms with Gasteiger partial charge in [-0.25, -0.2) is 14.2 Å². The van der Waals surface area contributed by atoms with Crippen LogP contribution in [0.15, 0.2) is 67.3 Å². The van der Waals surface area contributed by atoms with Gasteiger partial charge in [0.1, 0.15) is 11.9 Å². The Morgan fingerprint density at radius 3 is 2.50 bits per heavy atom. The van der Waals surface area contributed by atoms with E-state index in [1.807, 2.05) is 13.8 Å². The predicted octanol–water partition coefficient (Wildman–Crippen LogP) is 3.69. The third-order valence-electron chi connectivity index (χ3n) is 4.43. The molecule has 0 bridgehead atoms. The van der Waals surface area contributed by atoms with Crippen LogP contribution in [0.3, 0.4) is 0 Å². The average molecular weight is 409 g/mol. The molecule has 1 heterocycles. The fourth-order valence-electron chi connectivity index (χ4n) is 2.87. The topological polar surface area (TPSA) is 73.2 Å². The minimum Gasteiger partial charge on any atom is -0.464 e. The number of carbonyl (C=O) groups is 2. The Balaban J connectivity index is 1.72. The molecule has 0 spiro atoms. The second kappa shape index (κ2) is 9.82. The number of halogens is 1. The molecule has 6 nitrogen and oxygen atoms in total. The van der Waals surface area contributed by atoms with Crippen LogP contribution in [0.1, 0.15) is 24.2 Å². The third-order valence-corrected chi connectivity index (χ3v) is 4.43. The van der Waals surface area contributed by atoms with E-state index >= 15 is 0 Å². The number of nitrogens with zero attached hydrogens (tertiary/aromatic N) is 2. The number of hydrogen-bond acceptors (Lipinski definition) is 4. The van der Waals surface area contributed by atoms with Gasteiger partial charge < -0.3 is 14.6 Å². The minimum absolute atomic E-state index is 0.185. The molecule has 0 unspecified atom stereocenters. The van der Waals surface area contributed by atoms with Gasteiger partial charge in [-0.3, -0.25) is 4.79 Å². The molecule has 1 N–H and O–H groups in total. The van der Waals surface area contributed by atoms with Crippen molar-refractivity contribution in [1.29, 1.82) is 0 Å². The molecule has 156 valence electrons. The fourth-order valence-corrected chi connectivity index (χ4v) is 2.87. The van der Waals surface area contributed by atoms with Crippen molar-refractivity contribution in [3.05, 3.63) is 78.6 Å². The maximum absolute atomic E-state index is 14.0. The molecule has 0 saturated carbocycles. The number of nitrogens with one attached hydrogen (secondary N) is 1. The first-order valence-electron chi connectivity index (χ1n) is 9.72. The van der Waals surface area contributed by atoms with E-state index in [1.165, 1.54) is 6.07 Å². The third kappa shape index (κ3) is 5.53. The molecule has 3 rings (SSSR count). The molecule has 0 aliphatic heterocycles. The summed E-state index contributed by atoms with van der Waals surface area (Å²) in [4.78, 5) is 29.2. The second-order valence-electron chi connectivity index (χ2n) is 7.37. The van der Waals surface area contributed by atoms with E-state index in [-0.39, 0.29) is 24.9 Å². The molecule has 0 fully saturated rings. The molecule has 1 atom stereocenters. The highest BCUT2D eigenvalue weighted by Crippen LogP contribution is 2.22. The first kappa shape index (κ1) is 21.2. The van der Waals surface area contributed by atoms with Crippen molar-refractivity contribution in [2.24, 2.45) is 5.92 Å². The average Bonchev–Trinajstić information content (AvgIpc) is 3.25. The number of rotatable bonds is 8. The van der Waals surface area contributed by atoms with E-state index in [0.29, 0.717) is 16.7 Å². The molecule has 30 heavy (non-hydrogen) atoms. The van der Waals surface area contributed by atoms with Crippen LogP contribution in [0.2, 0.25) is 0 Å². The largest absolute Gasteiger partial charge is 0.464 e. The molecule has 2 aromatic carbocycles. The van der Waals surface area contributed by atoms with Gasteiger partial charge in [-0.2, -0.15) is 0 Å².